The molecule has 4 N–H and O–H groups in total. The number of aliphatic hydroxyl groups excluding tert-OH is 1. The van der Waals surface area contributed by atoms with Gasteiger partial charge in [-0.1, -0.05) is 0 Å². The normalized spacial score (nSPS) is 11.5. The molecule has 0 aliphatic heterocycles. The second-order valence-corrected chi connectivity index (χ2v) is 6.51. The van der Waals surface area contributed by atoms with Gasteiger partial charge in [-0.2, -0.15) is 10.2 Å². The molecule has 3 aromatic carbocycles. The average Bonchev–Trinajstić information content (AvgIpc) is 2.74. The number of nitrogens with two attached hydrogens (primary N) is 1. The Labute approximate surface area is 167 Å². The van der Waals surface area contributed by atoms with Gasteiger partial charge in [-0.15, -0.1) is 0 Å². The van der Waals surface area contributed by atoms with Gasteiger partial charge in [0, 0.05) is 16.3 Å². The second-order valence-electron chi connectivity index (χ2n) is 6.51. The molecule has 29 heavy (non-hydrogen) atoms. The lowest BCUT2D eigenvalue weighted by molar-refractivity contribution is 0.275. The number of ether oxygens (including phenoxy) is 1. The van der Waals surface area contributed by atoms with Crippen LogP contribution >= 0.6 is 0 Å². The SMILES string of the molecule is CCOc1ccc2nc3cc(N=Nc4ccc(O)c(CO)c4)ccc3c(N)c2c1. The van der Waals surface area contributed by atoms with Crippen molar-refractivity contribution in [3.8, 4) is 11.5 Å². The Hall–Kier alpha value is -3.71. The fourth-order valence-corrected chi connectivity index (χ4v) is 3.14. The van der Waals surface area contributed by atoms with Crippen molar-refractivity contribution in [2.45, 2.75) is 13.5 Å². The third-order valence-electron chi connectivity index (χ3n) is 4.60. The first-order valence-electron chi connectivity index (χ1n) is 9.19. The van der Waals surface area contributed by atoms with Crippen LogP contribution in [0.5, 0.6) is 11.5 Å². The van der Waals surface area contributed by atoms with Crippen LogP contribution in [0.2, 0.25) is 0 Å². The van der Waals surface area contributed by atoms with E-state index in [9.17, 15) is 10.2 Å². The van der Waals surface area contributed by atoms with E-state index < -0.39 is 0 Å². The number of nitrogens with zero attached hydrogens (tertiary/aromatic N) is 3. The maximum atomic E-state index is 9.64. The van der Waals surface area contributed by atoms with Crippen LogP contribution in [0.15, 0.2) is 64.8 Å². The number of aliphatic hydroxyl groups is 1. The smallest absolute Gasteiger partial charge is 0.121 e. The Morgan fingerprint density at radius 1 is 0.931 bits per heavy atom. The molecule has 0 spiro atoms. The summed E-state index contributed by atoms with van der Waals surface area (Å²) in [7, 11) is 0. The number of phenols is 1. The maximum absolute atomic E-state index is 9.64. The first kappa shape index (κ1) is 18.6. The van der Waals surface area contributed by atoms with E-state index in [0.717, 1.165) is 27.6 Å². The fraction of sp³-hybridized carbons (Fsp3) is 0.136. The third kappa shape index (κ3) is 3.68. The summed E-state index contributed by atoms with van der Waals surface area (Å²) in [6.07, 6.45) is 0. The van der Waals surface area contributed by atoms with Gasteiger partial charge in [0.2, 0.25) is 0 Å². The second kappa shape index (κ2) is 7.73. The fourth-order valence-electron chi connectivity index (χ4n) is 3.14. The Kier molecular flexibility index (Phi) is 4.97. The van der Waals surface area contributed by atoms with E-state index in [2.05, 4.69) is 10.2 Å². The number of hydrogen-bond acceptors (Lipinski definition) is 7. The lowest BCUT2D eigenvalue weighted by Gasteiger charge is -2.09. The minimum atomic E-state index is -0.271. The number of aromatic hydroxyl groups is 1. The van der Waals surface area contributed by atoms with Gasteiger partial charge < -0.3 is 20.7 Å². The van der Waals surface area contributed by atoms with Gasteiger partial charge >= 0.3 is 0 Å². The van der Waals surface area contributed by atoms with E-state index >= 15 is 0 Å². The van der Waals surface area contributed by atoms with Crippen molar-refractivity contribution >= 4 is 38.9 Å². The van der Waals surface area contributed by atoms with Crippen LogP contribution in [0, 0.1) is 0 Å². The highest BCUT2D eigenvalue weighted by atomic mass is 16.5. The summed E-state index contributed by atoms with van der Waals surface area (Å²) < 4.78 is 5.56. The van der Waals surface area contributed by atoms with Crippen molar-refractivity contribution < 1.29 is 14.9 Å². The molecule has 0 saturated carbocycles. The first-order chi connectivity index (χ1) is 14.1. The predicted octanol–water partition coefficient (Wildman–Crippen LogP) is 4.98. The van der Waals surface area contributed by atoms with Crippen LogP contribution in [-0.4, -0.2) is 21.8 Å². The minimum absolute atomic E-state index is 0.0243. The Balaban J connectivity index is 1.72. The zero-order valence-electron chi connectivity index (χ0n) is 15.8. The van der Waals surface area contributed by atoms with Crippen molar-refractivity contribution in [2.75, 3.05) is 12.3 Å². The number of anilines is 1. The monoisotopic (exact) mass is 388 g/mol. The highest BCUT2D eigenvalue weighted by Crippen LogP contribution is 2.33. The highest BCUT2D eigenvalue weighted by molar-refractivity contribution is 6.07. The van der Waals surface area contributed by atoms with Crippen molar-refractivity contribution in [3.63, 3.8) is 0 Å². The topological polar surface area (TPSA) is 113 Å². The van der Waals surface area contributed by atoms with Gasteiger partial charge in [0.05, 0.1) is 41.3 Å². The lowest BCUT2D eigenvalue weighted by atomic mass is 10.1. The van der Waals surface area contributed by atoms with E-state index in [-0.39, 0.29) is 12.4 Å². The standard InChI is InChI=1S/C22H20N4O3/c1-2-29-16-5-7-19-18(11-16)22(23)17-6-3-15(10-20(17)24-19)26-25-14-4-8-21(28)13(9-14)12-27/h3-11,27-28H,2,12H2,1H3,(H2,23,24). The molecular weight excluding hydrogens is 368 g/mol. The summed E-state index contributed by atoms with van der Waals surface area (Å²) in [4.78, 5) is 4.69. The Morgan fingerprint density at radius 3 is 2.45 bits per heavy atom. The van der Waals surface area contributed by atoms with E-state index in [4.69, 9.17) is 15.5 Å². The van der Waals surface area contributed by atoms with Crippen molar-refractivity contribution in [2.24, 2.45) is 10.2 Å². The van der Waals surface area contributed by atoms with Crippen LogP contribution in [0.3, 0.4) is 0 Å². The molecule has 0 bridgehead atoms. The zero-order valence-corrected chi connectivity index (χ0v) is 15.8. The predicted molar refractivity (Wildman–Crippen MR) is 113 cm³/mol. The van der Waals surface area contributed by atoms with E-state index in [0.29, 0.717) is 29.2 Å². The molecule has 1 heterocycles. The van der Waals surface area contributed by atoms with Gasteiger partial charge in [0.15, 0.2) is 0 Å². The van der Waals surface area contributed by atoms with Crippen LogP contribution in [0.25, 0.3) is 21.8 Å². The van der Waals surface area contributed by atoms with Crippen LogP contribution in [-0.2, 0) is 6.61 Å². The molecule has 0 aliphatic rings. The molecule has 0 aliphatic carbocycles. The summed E-state index contributed by atoms with van der Waals surface area (Å²) in [5.74, 6) is 0.783. The van der Waals surface area contributed by atoms with Crippen LogP contribution in [0.4, 0.5) is 17.1 Å². The molecule has 4 rings (SSSR count). The molecular formula is C22H20N4O3. The van der Waals surface area contributed by atoms with Gasteiger partial charge in [0.25, 0.3) is 0 Å². The van der Waals surface area contributed by atoms with Gasteiger partial charge in [-0.05, 0) is 61.5 Å². The number of azo groups is 1. The highest BCUT2D eigenvalue weighted by Gasteiger charge is 2.09. The number of pyridine rings is 1. The minimum Gasteiger partial charge on any atom is -0.508 e. The molecule has 0 unspecified atom stereocenters. The summed E-state index contributed by atoms with van der Waals surface area (Å²) in [5, 5.41) is 29.0. The molecule has 146 valence electrons. The van der Waals surface area contributed by atoms with Crippen LogP contribution in [0.1, 0.15) is 12.5 Å². The number of aromatic nitrogens is 1. The van der Waals surface area contributed by atoms with E-state index in [1.165, 1.54) is 6.07 Å². The largest absolute Gasteiger partial charge is 0.508 e. The summed E-state index contributed by atoms with van der Waals surface area (Å²) in [6, 6.07) is 15.8. The van der Waals surface area contributed by atoms with Gasteiger partial charge in [0.1, 0.15) is 11.5 Å². The number of fused-ring (bicyclic) bond motifs is 2. The van der Waals surface area contributed by atoms with Crippen LogP contribution < -0.4 is 10.5 Å². The number of hydrogen-bond donors (Lipinski definition) is 3. The third-order valence-corrected chi connectivity index (χ3v) is 4.60. The van der Waals surface area contributed by atoms with Crippen molar-refractivity contribution in [3.05, 3.63) is 60.2 Å². The maximum Gasteiger partial charge on any atom is 0.121 e. The molecule has 7 nitrogen and oxygen atoms in total. The first-order valence-corrected chi connectivity index (χ1v) is 9.19. The molecule has 0 atom stereocenters. The van der Waals surface area contributed by atoms with Crippen molar-refractivity contribution in [1.82, 2.24) is 4.98 Å². The molecule has 1 aromatic heterocycles. The molecule has 0 amide bonds. The molecule has 4 aromatic rings. The lowest BCUT2D eigenvalue weighted by Crippen LogP contribution is -1.95. The van der Waals surface area contributed by atoms with E-state index in [1.807, 2.05) is 43.3 Å². The molecule has 0 fully saturated rings. The summed E-state index contributed by atoms with van der Waals surface area (Å²) in [6.45, 7) is 2.25. The Bertz CT molecular complexity index is 1240. The number of nitrogen functional groups attached to an aromatic ring is 1. The molecule has 7 heteroatoms. The van der Waals surface area contributed by atoms with Crippen molar-refractivity contribution in [1.29, 1.82) is 0 Å². The number of rotatable bonds is 5. The number of benzene rings is 3. The van der Waals surface area contributed by atoms with Gasteiger partial charge in [-0.25, -0.2) is 4.98 Å². The summed E-state index contributed by atoms with van der Waals surface area (Å²) >= 11 is 0. The molecule has 0 saturated heterocycles. The molecule has 0 radical (unpaired) electrons. The van der Waals surface area contributed by atoms with E-state index in [1.54, 1.807) is 12.1 Å². The Morgan fingerprint density at radius 2 is 1.69 bits per heavy atom. The quantitative estimate of drug-likeness (QED) is 0.329. The zero-order chi connectivity index (χ0) is 20.4. The van der Waals surface area contributed by atoms with Gasteiger partial charge in [-0.3, -0.25) is 0 Å². The average molecular weight is 388 g/mol. The summed E-state index contributed by atoms with van der Waals surface area (Å²) in [5.41, 5.74) is 10.1.